The number of urea groups is 1. The molecule has 0 aliphatic rings. The molecule has 8 nitrogen and oxygen atoms in total. The molecule has 4 rings (SSSR count). The van der Waals surface area contributed by atoms with Crippen LogP contribution in [0, 0.1) is 20.8 Å². The monoisotopic (exact) mass is 413 g/mol. The Hall–Kier alpha value is -4.20. The molecule has 0 aliphatic heterocycles. The third-order valence-electron chi connectivity index (χ3n) is 4.99. The van der Waals surface area contributed by atoms with Crippen LogP contribution in [0.25, 0.3) is 5.82 Å². The lowest BCUT2D eigenvalue weighted by Crippen LogP contribution is -2.20. The van der Waals surface area contributed by atoms with Crippen molar-refractivity contribution in [2.45, 2.75) is 20.8 Å². The summed E-state index contributed by atoms with van der Waals surface area (Å²) in [6.07, 6.45) is 5.09. The van der Waals surface area contributed by atoms with Crippen molar-refractivity contribution in [1.82, 2.24) is 19.5 Å². The van der Waals surface area contributed by atoms with Crippen LogP contribution >= 0.6 is 0 Å². The normalized spacial score (nSPS) is 10.5. The maximum atomic E-state index is 12.3. The summed E-state index contributed by atoms with van der Waals surface area (Å²) >= 11 is 0. The number of aromatic nitrogens is 4. The van der Waals surface area contributed by atoms with Crippen LogP contribution in [0.5, 0.6) is 0 Å². The molecule has 0 atom stereocenters. The molecule has 2 aromatic carbocycles. The highest BCUT2D eigenvalue weighted by molar-refractivity contribution is 6.00. The average molecular weight is 413 g/mol. The number of rotatable bonds is 5. The summed E-state index contributed by atoms with van der Waals surface area (Å²) < 4.78 is 1.88. The van der Waals surface area contributed by atoms with Crippen LogP contribution < -0.4 is 16.0 Å². The van der Waals surface area contributed by atoms with E-state index in [1.54, 1.807) is 6.20 Å². The fraction of sp³-hybridized carbons (Fsp3) is 0.130. The van der Waals surface area contributed by atoms with Crippen LogP contribution in [0.15, 0.2) is 67.3 Å². The number of benzene rings is 2. The zero-order valence-electron chi connectivity index (χ0n) is 17.5. The second-order valence-electron chi connectivity index (χ2n) is 7.13. The number of amides is 2. The minimum Gasteiger partial charge on any atom is -0.340 e. The molecule has 0 aliphatic carbocycles. The molecule has 0 radical (unpaired) electrons. The fourth-order valence-electron chi connectivity index (χ4n) is 3.12. The summed E-state index contributed by atoms with van der Waals surface area (Å²) in [5.74, 6) is 2.24. The number of nitrogens with one attached hydrogen (secondary N) is 3. The van der Waals surface area contributed by atoms with Gasteiger partial charge in [0.2, 0.25) is 0 Å². The van der Waals surface area contributed by atoms with Crippen LogP contribution in [0.2, 0.25) is 0 Å². The number of carbonyl (C=O) groups is 1. The molecule has 0 fully saturated rings. The van der Waals surface area contributed by atoms with Crippen LogP contribution in [-0.4, -0.2) is 25.6 Å². The Kier molecular flexibility index (Phi) is 5.61. The highest BCUT2D eigenvalue weighted by Gasteiger charge is 2.07. The summed E-state index contributed by atoms with van der Waals surface area (Å²) in [5.41, 5.74) is 4.50. The van der Waals surface area contributed by atoms with Gasteiger partial charge in [-0.3, -0.25) is 4.57 Å². The molecule has 0 unspecified atom stereocenters. The Morgan fingerprint density at radius 3 is 2.42 bits per heavy atom. The molecule has 8 heteroatoms. The van der Waals surface area contributed by atoms with E-state index in [-0.39, 0.29) is 6.03 Å². The van der Waals surface area contributed by atoms with Crippen LogP contribution in [-0.2, 0) is 0 Å². The zero-order valence-corrected chi connectivity index (χ0v) is 17.5. The minimum absolute atomic E-state index is 0.287. The number of hydrogen-bond acceptors (Lipinski definition) is 5. The van der Waals surface area contributed by atoms with Gasteiger partial charge in [-0.1, -0.05) is 12.1 Å². The largest absolute Gasteiger partial charge is 0.340 e. The average Bonchev–Trinajstić information content (AvgIpc) is 3.19. The number of anilines is 4. The van der Waals surface area contributed by atoms with Gasteiger partial charge in [-0.05, 0) is 62.2 Å². The van der Waals surface area contributed by atoms with Crippen molar-refractivity contribution in [3.8, 4) is 5.82 Å². The highest BCUT2D eigenvalue weighted by Crippen LogP contribution is 2.21. The number of hydrogen-bond donors (Lipinski definition) is 3. The first-order valence-electron chi connectivity index (χ1n) is 9.83. The lowest BCUT2D eigenvalue weighted by Gasteiger charge is -2.12. The van der Waals surface area contributed by atoms with E-state index < -0.39 is 0 Å². The highest BCUT2D eigenvalue weighted by atomic mass is 16.2. The maximum Gasteiger partial charge on any atom is 0.323 e. The summed E-state index contributed by atoms with van der Waals surface area (Å²) in [6, 6.07) is 14.8. The van der Waals surface area contributed by atoms with Crippen molar-refractivity contribution in [2.24, 2.45) is 0 Å². The first-order chi connectivity index (χ1) is 15.0. The van der Waals surface area contributed by atoms with Gasteiger partial charge < -0.3 is 16.0 Å². The summed E-state index contributed by atoms with van der Waals surface area (Å²) in [5, 5.41) is 8.98. The van der Waals surface area contributed by atoms with E-state index in [1.165, 1.54) is 6.33 Å². The van der Waals surface area contributed by atoms with Gasteiger partial charge in [0.1, 0.15) is 23.8 Å². The molecule has 0 bridgehead atoms. The summed E-state index contributed by atoms with van der Waals surface area (Å²) in [7, 11) is 0. The van der Waals surface area contributed by atoms with E-state index in [0.717, 1.165) is 34.1 Å². The molecule has 0 spiro atoms. The van der Waals surface area contributed by atoms with Gasteiger partial charge in [-0.25, -0.2) is 19.7 Å². The summed E-state index contributed by atoms with van der Waals surface area (Å²) in [4.78, 5) is 25.1. The van der Waals surface area contributed by atoms with Crippen molar-refractivity contribution in [2.75, 3.05) is 16.0 Å². The Balaban J connectivity index is 1.40. The van der Waals surface area contributed by atoms with Crippen LogP contribution in [0.1, 0.15) is 17.0 Å². The van der Waals surface area contributed by atoms with Gasteiger partial charge in [0.05, 0.1) is 0 Å². The van der Waals surface area contributed by atoms with Crippen LogP contribution in [0.4, 0.5) is 27.7 Å². The number of carbonyl (C=O) groups excluding carboxylic acids is 1. The van der Waals surface area contributed by atoms with E-state index >= 15 is 0 Å². The van der Waals surface area contributed by atoms with Gasteiger partial charge in [0.25, 0.3) is 0 Å². The van der Waals surface area contributed by atoms with Crippen molar-refractivity contribution in [1.29, 1.82) is 0 Å². The lowest BCUT2D eigenvalue weighted by molar-refractivity contribution is 0.262. The predicted molar refractivity (Wildman–Crippen MR) is 122 cm³/mol. The number of imidazole rings is 1. The van der Waals surface area contributed by atoms with E-state index in [1.807, 2.05) is 80.1 Å². The standard InChI is InChI=1S/C23H23N7O/c1-15-5-4-6-20(16(15)2)29-23(31)28-19-9-7-18(8-10-19)27-21-13-22(26-14-25-21)30-12-11-24-17(30)3/h4-14H,1-3H3,(H,25,26,27)(H2,28,29,31). The van der Waals surface area contributed by atoms with E-state index in [0.29, 0.717) is 11.5 Å². The SMILES string of the molecule is Cc1cccc(NC(=O)Nc2ccc(Nc3cc(-n4ccnc4C)ncn3)cc2)c1C. The van der Waals surface area contributed by atoms with Gasteiger partial charge >= 0.3 is 6.03 Å². The first-order valence-corrected chi connectivity index (χ1v) is 9.83. The summed E-state index contributed by atoms with van der Waals surface area (Å²) in [6.45, 7) is 5.91. The number of nitrogens with zero attached hydrogens (tertiary/aromatic N) is 4. The third-order valence-corrected chi connectivity index (χ3v) is 4.99. The van der Waals surface area contributed by atoms with Gasteiger partial charge in [-0.15, -0.1) is 0 Å². The number of aryl methyl sites for hydroxylation is 2. The topological polar surface area (TPSA) is 96.8 Å². The van der Waals surface area contributed by atoms with Crippen molar-refractivity contribution in [3.05, 3.63) is 84.2 Å². The molecule has 2 amide bonds. The quantitative estimate of drug-likeness (QED) is 0.429. The maximum absolute atomic E-state index is 12.3. The molecule has 0 saturated heterocycles. The van der Waals surface area contributed by atoms with Gasteiger partial charge in [0, 0.05) is 35.5 Å². The van der Waals surface area contributed by atoms with E-state index in [2.05, 4.69) is 30.9 Å². The molecular formula is C23H23N7O. The second kappa shape index (κ2) is 8.66. The molecule has 2 aromatic heterocycles. The Bertz CT molecular complexity index is 1210. The van der Waals surface area contributed by atoms with E-state index in [4.69, 9.17) is 0 Å². The molecule has 0 saturated carbocycles. The first kappa shape index (κ1) is 20.1. The van der Waals surface area contributed by atoms with Crippen molar-refractivity contribution in [3.63, 3.8) is 0 Å². The van der Waals surface area contributed by atoms with E-state index in [9.17, 15) is 4.79 Å². The van der Waals surface area contributed by atoms with Crippen LogP contribution in [0.3, 0.4) is 0 Å². The smallest absolute Gasteiger partial charge is 0.323 e. The van der Waals surface area contributed by atoms with Gasteiger partial charge in [0.15, 0.2) is 0 Å². The van der Waals surface area contributed by atoms with Gasteiger partial charge in [-0.2, -0.15) is 0 Å². The molecule has 3 N–H and O–H groups in total. The molecule has 4 aromatic rings. The molecule has 31 heavy (non-hydrogen) atoms. The second-order valence-corrected chi connectivity index (χ2v) is 7.13. The third kappa shape index (κ3) is 4.69. The molecule has 156 valence electrons. The van der Waals surface area contributed by atoms with Crippen molar-refractivity contribution >= 4 is 28.9 Å². The predicted octanol–water partition coefficient (Wildman–Crippen LogP) is 4.98. The fourth-order valence-corrected chi connectivity index (χ4v) is 3.12. The Morgan fingerprint density at radius 2 is 1.68 bits per heavy atom. The molecular weight excluding hydrogens is 390 g/mol. The van der Waals surface area contributed by atoms with Crippen molar-refractivity contribution < 1.29 is 4.79 Å². The zero-order chi connectivity index (χ0) is 21.8. The minimum atomic E-state index is -0.287. The lowest BCUT2D eigenvalue weighted by atomic mass is 10.1. The Labute approximate surface area is 180 Å². The molecule has 2 heterocycles. The Morgan fingerprint density at radius 1 is 0.903 bits per heavy atom.